The van der Waals surface area contributed by atoms with Crippen LogP contribution in [0.5, 0.6) is 0 Å². The zero-order valence-corrected chi connectivity index (χ0v) is 14.0. The van der Waals surface area contributed by atoms with Crippen LogP contribution in [-0.2, 0) is 16.8 Å². The number of rotatable bonds is 6. The van der Waals surface area contributed by atoms with Crippen molar-refractivity contribution in [3.8, 4) is 0 Å². The van der Waals surface area contributed by atoms with Crippen LogP contribution < -0.4 is 5.32 Å². The second kappa shape index (κ2) is 6.65. The van der Waals surface area contributed by atoms with E-state index in [9.17, 15) is 0 Å². The van der Waals surface area contributed by atoms with Gasteiger partial charge >= 0.3 is 0 Å². The Kier molecular flexibility index (Phi) is 5.78. The molecule has 0 aliphatic carbocycles. The van der Waals surface area contributed by atoms with Crippen LogP contribution >= 0.6 is 22.6 Å². The van der Waals surface area contributed by atoms with E-state index in [2.05, 4.69) is 44.8 Å². The van der Waals surface area contributed by atoms with Crippen molar-refractivity contribution < 1.29 is 4.74 Å². The summed E-state index contributed by atoms with van der Waals surface area (Å²) in [5.74, 6) is 1.63. The topological polar surface area (TPSA) is 47.0 Å². The minimum absolute atomic E-state index is 0.451. The van der Waals surface area contributed by atoms with Crippen LogP contribution in [0, 0.1) is 3.57 Å². The molecule has 5 heteroatoms. The first kappa shape index (κ1) is 15.6. The van der Waals surface area contributed by atoms with E-state index >= 15 is 0 Å². The van der Waals surface area contributed by atoms with Gasteiger partial charge < -0.3 is 10.1 Å². The lowest BCUT2D eigenvalue weighted by Crippen LogP contribution is -2.26. The Hall–Kier alpha value is -0.430. The van der Waals surface area contributed by atoms with Crippen LogP contribution in [0.1, 0.15) is 45.6 Å². The van der Waals surface area contributed by atoms with Crippen LogP contribution in [0.15, 0.2) is 0 Å². The fraction of sp³-hybridized carbons (Fsp3) is 0.692. The van der Waals surface area contributed by atoms with Gasteiger partial charge in [0.05, 0.1) is 9.26 Å². The molecule has 18 heavy (non-hydrogen) atoms. The number of hydrogen-bond donors (Lipinski definition) is 1. The summed E-state index contributed by atoms with van der Waals surface area (Å²) < 4.78 is 6.84. The summed E-state index contributed by atoms with van der Waals surface area (Å²) in [5.41, 5.74) is 0.646. The van der Waals surface area contributed by atoms with E-state index in [1.54, 1.807) is 0 Å². The molecule has 0 bridgehead atoms. The van der Waals surface area contributed by atoms with Crippen molar-refractivity contribution in [2.45, 2.75) is 46.1 Å². The van der Waals surface area contributed by atoms with E-state index in [1.807, 2.05) is 27.8 Å². The number of nitrogens with one attached hydrogen (secondary N) is 1. The summed E-state index contributed by atoms with van der Waals surface area (Å²) in [4.78, 5) is 9.25. The zero-order chi connectivity index (χ0) is 13.8. The minimum atomic E-state index is -0.451. The molecule has 1 aromatic heterocycles. The summed E-state index contributed by atoms with van der Waals surface area (Å²) in [6.07, 6.45) is 2.04. The van der Waals surface area contributed by atoms with Crippen molar-refractivity contribution in [3.63, 3.8) is 0 Å². The summed E-state index contributed by atoms with van der Waals surface area (Å²) in [6, 6.07) is 0. The third-order valence-corrected chi connectivity index (χ3v) is 3.82. The molecular weight excluding hydrogens is 341 g/mol. The van der Waals surface area contributed by atoms with Gasteiger partial charge in [-0.15, -0.1) is 0 Å². The van der Waals surface area contributed by atoms with Crippen LogP contribution in [0.25, 0.3) is 0 Å². The summed E-state index contributed by atoms with van der Waals surface area (Å²) in [6.45, 7) is 8.81. The molecule has 0 unspecified atom stereocenters. The van der Waals surface area contributed by atoms with Gasteiger partial charge in [0.15, 0.2) is 5.82 Å². The third kappa shape index (κ3) is 3.54. The quantitative estimate of drug-likeness (QED) is 0.788. The summed E-state index contributed by atoms with van der Waals surface area (Å²) in [7, 11) is 1.89. The molecule has 0 atom stereocenters. The first-order valence-electron chi connectivity index (χ1n) is 6.34. The number of anilines is 1. The number of hydrogen-bond acceptors (Lipinski definition) is 4. The average molecular weight is 363 g/mol. The van der Waals surface area contributed by atoms with Gasteiger partial charge in [-0.1, -0.05) is 13.3 Å². The van der Waals surface area contributed by atoms with Crippen molar-refractivity contribution in [2.24, 2.45) is 0 Å². The smallest absolute Gasteiger partial charge is 0.162 e. The normalized spacial score (nSPS) is 11.7. The van der Waals surface area contributed by atoms with E-state index in [4.69, 9.17) is 4.74 Å². The van der Waals surface area contributed by atoms with Gasteiger partial charge in [-0.3, -0.25) is 0 Å². The Morgan fingerprint density at radius 1 is 1.28 bits per heavy atom. The molecule has 1 heterocycles. The zero-order valence-electron chi connectivity index (χ0n) is 11.8. The van der Waals surface area contributed by atoms with Crippen LogP contribution in [0.3, 0.4) is 0 Å². The highest BCUT2D eigenvalue weighted by Gasteiger charge is 2.26. The number of aromatic nitrogens is 2. The van der Waals surface area contributed by atoms with Crippen LogP contribution in [0.4, 0.5) is 5.82 Å². The highest BCUT2D eigenvalue weighted by molar-refractivity contribution is 14.1. The van der Waals surface area contributed by atoms with Gasteiger partial charge in [0.25, 0.3) is 0 Å². The predicted octanol–water partition coefficient (Wildman–Crippen LogP) is 3.35. The molecule has 0 fully saturated rings. The summed E-state index contributed by atoms with van der Waals surface area (Å²) >= 11 is 2.30. The second-order valence-corrected chi connectivity index (χ2v) is 5.68. The first-order chi connectivity index (χ1) is 8.46. The van der Waals surface area contributed by atoms with Crippen molar-refractivity contribution >= 4 is 28.4 Å². The van der Waals surface area contributed by atoms with Gasteiger partial charge in [0.1, 0.15) is 11.4 Å². The van der Waals surface area contributed by atoms with Crippen molar-refractivity contribution in [2.75, 3.05) is 19.0 Å². The van der Waals surface area contributed by atoms with Gasteiger partial charge in [0.2, 0.25) is 0 Å². The fourth-order valence-electron chi connectivity index (χ4n) is 1.76. The highest BCUT2D eigenvalue weighted by atomic mass is 127. The van der Waals surface area contributed by atoms with Crippen LogP contribution in [0.2, 0.25) is 0 Å². The molecule has 1 rings (SSSR count). The standard InChI is InChI=1S/C13H22IN3O/c1-6-8-9-10(14)11(15-5)17-12(16-9)13(3,4)18-7-2/h6-8H2,1-5H3,(H,15,16,17). The van der Waals surface area contributed by atoms with Gasteiger partial charge in [0, 0.05) is 13.7 Å². The molecule has 4 nitrogen and oxygen atoms in total. The lowest BCUT2D eigenvalue weighted by molar-refractivity contribution is -0.0208. The van der Waals surface area contributed by atoms with E-state index < -0.39 is 5.60 Å². The molecular formula is C13H22IN3O. The Labute approximate surface area is 123 Å². The molecule has 1 N–H and O–H groups in total. The minimum Gasteiger partial charge on any atom is -0.372 e. The van der Waals surface area contributed by atoms with Crippen LogP contribution in [-0.4, -0.2) is 23.6 Å². The average Bonchev–Trinajstić information content (AvgIpc) is 2.31. The van der Waals surface area contributed by atoms with E-state index in [0.717, 1.165) is 33.7 Å². The lowest BCUT2D eigenvalue weighted by Gasteiger charge is -2.24. The highest BCUT2D eigenvalue weighted by Crippen LogP contribution is 2.27. The van der Waals surface area contributed by atoms with Gasteiger partial charge in [-0.25, -0.2) is 9.97 Å². The first-order valence-corrected chi connectivity index (χ1v) is 7.42. The number of aryl methyl sites for hydroxylation is 1. The Balaban J connectivity index is 3.24. The molecule has 0 aliphatic rings. The number of nitrogens with zero attached hydrogens (tertiary/aromatic N) is 2. The maximum Gasteiger partial charge on any atom is 0.162 e. The SMILES string of the molecule is CCCc1nc(C(C)(C)OCC)nc(NC)c1I. The Morgan fingerprint density at radius 2 is 1.94 bits per heavy atom. The monoisotopic (exact) mass is 363 g/mol. The molecule has 0 spiro atoms. The number of halogens is 1. The molecule has 0 saturated heterocycles. The Morgan fingerprint density at radius 3 is 2.44 bits per heavy atom. The molecule has 1 aromatic rings. The lowest BCUT2D eigenvalue weighted by atomic mass is 10.1. The Bertz CT molecular complexity index is 407. The fourth-order valence-corrected chi connectivity index (χ4v) is 2.54. The molecule has 102 valence electrons. The van der Waals surface area contributed by atoms with E-state index in [-0.39, 0.29) is 0 Å². The molecule has 0 aromatic carbocycles. The molecule has 0 radical (unpaired) electrons. The van der Waals surface area contributed by atoms with E-state index in [0.29, 0.717) is 6.61 Å². The van der Waals surface area contributed by atoms with Crippen molar-refractivity contribution in [1.82, 2.24) is 9.97 Å². The molecule has 0 saturated carbocycles. The maximum absolute atomic E-state index is 5.73. The van der Waals surface area contributed by atoms with Gasteiger partial charge in [-0.05, 0) is 49.8 Å². The van der Waals surface area contributed by atoms with Crippen molar-refractivity contribution in [1.29, 1.82) is 0 Å². The third-order valence-electron chi connectivity index (χ3n) is 2.69. The second-order valence-electron chi connectivity index (χ2n) is 4.60. The molecule has 0 amide bonds. The van der Waals surface area contributed by atoms with Gasteiger partial charge in [-0.2, -0.15) is 0 Å². The number of ether oxygens (including phenoxy) is 1. The van der Waals surface area contributed by atoms with Crippen molar-refractivity contribution in [3.05, 3.63) is 15.1 Å². The summed E-state index contributed by atoms with van der Waals surface area (Å²) in [5, 5.41) is 3.13. The predicted molar refractivity (Wildman–Crippen MR) is 82.9 cm³/mol. The largest absolute Gasteiger partial charge is 0.372 e. The maximum atomic E-state index is 5.73. The molecule has 0 aliphatic heterocycles. The van der Waals surface area contributed by atoms with E-state index in [1.165, 1.54) is 0 Å².